The van der Waals surface area contributed by atoms with Gasteiger partial charge >= 0.3 is 6.18 Å². The number of alkyl halides is 3. The first-order valence-corrected chi connectivity index (χ1v) is 4.75. The van der Waals surface area contributed by atoms with Crippen molar-refractivity contribution in [1.29, 1.82) is 0 Å². The molecule has 1 rings (SSSR count). The van der Waals surface area contributed by atoms with E-state index in [0.29, 0.717) is 11.3 Å². The van der Waals surface area contributed by atoms with E-state index >= 15 is 0 Å². The molecule has 0 unspecified atom stereocenters. The zero-order valence-corrected chi connectivity index (χ0v) is 8.77. The minimum Gasteiger partial charge on any atom is -0.399 e. The number of Topliss-reactive ketones (excluding diaryl/α,β-unsaturated/α-hetero) is 1. The van der Waals surface area contributed by atoms with Crippen molar-refractivity contribution < 1.29 is 18.0 Å². The van der Waals surface area contributed by atoms with Crippen LogP contribution in [0.2, 0.25) is 0 Å². The second kappa shape index (κ2) is 4.55. The zero-order valence-electron chi connectivity index (χ0n) is 8.77. The summed E-state index contributed by atoms with van der Waals surface area (Å²) in [7, 11) is 0. The van der Waals surface area contributed by atoms with Gasteiger partial charge < -0.3 is 5.73 Å². The van der Waals surface area contributed by atoms with Crippen LogP contribution >= 0.6 is 0 Å². The summed E-state index contributed by atoms with van der Waals surface area (Å²) in [6.07, 6.45) is -5.90. The average molecular weight is 231 g/mol. The molecule has 0 bridgehead atoms. The molecular formula is C11H12F3NO. The molecule has 0 amide bonds. The van der Waals surface area contributed by atoms with E-state index in [4.69, 9.17) is 5.73 Å². The first-order chi connectivity index (χ1) is 7.29. The highest BCUT2D eigenvalue weighted by Gasteiger charge is 2.28. The van der Waals surface area contributed by atoms with Crippen molar-refractivity contribution in [3.8, 4) is 0 Å². The Morgan fingerprint density at radius 2 is 2.00 bits per heavy atom. The van der Waals surface area contributed by atoms with Gasteiger partial charge in [0.1, 0.15) is 0 Å². The third-order valence-electron chi connectivity index (χ3n) is 2.23. The number of aryl methyl sites for hydroxylation is 1. The third kappa shape index (κ3) is 3.56. The lowest BCUT2D eigenvalue weighted by Crippen LogP contribution is -2.11. The van der Waals surface area contributed by atoms with Gasteiger partial charge in [0, 0.05) is 17.7 Å². The predicted molar refractivity (Wildman–Crippen MR) is 55.2 cm³/mol. The summed E-state index contributed by atoms with van der Waals surface area (Å²) in [5.41, 5.74) is 7.03. The Bertz CT molecular complexity index is 399. The molecule has 0 saturated heterocycles. The molecule has 0 heterocycles. The smallest absolute Gasteiger partial charge is 0.389 e. The normalized spacial score (nSPS) is 11.5. The minimum atomic E-state index is -4.29. The molecule has 1 aromatic rings. The molecule has 2 nitrogen and oxygen atoms in total. The number of hydrogen-bond donors (Lipinski definition) is 1. The van der Waals surface area contributed by atoms with E-state index in [-0.39, 0.29) is 5.56 Å². The molecule has 0 fully saturated rings. The second-order valence-electron chi connectivity index (χ2n) is 3.61. The molecule has 2 N–H and O–H groups in total. The number of carbonyl (C=O) groups excluding carboxylic acids is 1. The number of carbonyl (C=O) groups is 1. The molecule has 1 aromatic carbocycles. The Balaban J connectivity index is 2.70. The number of ketones is 1. The molecule has 5 heteroatoms. The van der Waals surface area contributed by atoms with Crippen molar-refractivity contribution >= 4 is 11.5 Å². The molecule has 0 atom stereocenters. The van der Waals surface area contributed by atoms with Crippen LogP contribution in [-0.2, 0) is 0 Å². The third-order valence-corrected chi connectivity index (χ3v) is 2.23. The van der Waals surface area contributed by atoms with Crippen molar-refractivity contribution in [2.24, 2.45) is 0 Å². The van der Waals surface area contributed by atoms with Crippen LogP contribution in [0.15, 0.2) is 18.2 Å². The van der Waals surface area contributed by atoms with Crippen molar-refractivity contribution in [2.45, 2.75) is 25.9 Å². The monoisotopic (exact) mass is 231 g/mol. The lowest BCUT2D eigenvalue weighted by atomic mass is 10.0. The number of nitrogen functional groups attached to an aromatic ring is 1. The maximum Gasteiger partial charge on any atom is 0.389 e. The van der Waals surface area contributed by atoms with Crippen LogP contribution in [0.5, 0.6) is 0 Å². The molecule has 0 aromatic heterocycles. The molecule has 16 heavy (non-hydrogen) atoms. The number of rotatable bonds is 3. The van der Waals surface area contributed by atoms with Gasteiger partial charge in [-0.25, -0.2) is 0 Å². The average Bonchev–Trinajstić information content (AvgIpc) is 2.17. The van der Waals surface area contributed by atoms with E-state index in [0.717, 1.165) is 0 Å². The molecule has 0 aliphatic rings. The Kier molecular flexibility index (Phi) is 3.57. The highest BCUT2D eigenvalue weighted by atomic mass is 19.4. The second-order valence-corrected chi connectivity index (χ2v) is 3.61. The number of halogens is 3. The molecule has 0 aliphatic heterocycles. The van der Waals surface area contributed by atoms with Crippen LogP contribution in [-0.4, -0.2) is 12.0 Å². The predicted octanol–water partition coefficient (Wildman–Crippen LogP) is 3.10. The topological polar surface area (TPSA) is 43.1 Å². The van der Waals surface area contributed by atoms with Crippen molar-refractivity contribution in [3.05, 3.63) is 29.3 Å². The van der Waals surface area contributed by atoms with Gasteiger partial charge in [0.25, 0.3) is 0 Å². The molecule has 0 spiro atoms. The van der Waals surface area contributed by atoms with Gasteiger partial charge in [0.2, 0.25) is 0 Å². The Labute approximate surface area is 91.3 Å². The molecular weight excluding hydrogens is 219 g/mol. The first kappa shape index (κ1) is 12.5. The van der Waals surface area contributed by atoms with Crippen LogP contribution in [0.3, 0.4) is 0 Å². The summed E-state index contributed by atoms with van der Waals surface area (Å²) in [6, 6.07) is 4.48. The van der Waals surface area contributed by atoms with Crippen LogP contribution in [0, 0.1) is 6.92 Å². The number of hydrogen-bond acceptors (Lipinski definition) is 2. The highest BCUT2D eigenvalue weighted by molar-refractivity contribution is 5.96. The largest absolute Gasteiger partial charge is 0.399 e. The maximum atomic E-state index is 11.9. The fourth-order valence-electron chi connectivity index (χ4n) is 1.25. The van der Waals surface area contributed by atoms with Crippen molar-refractivity contribution in [3.63, 3.8) is 0 Å². The zero-order chi connectivity index (χ0) is 12.3. The van der Waals surface area contributed by atoms with Gasteiger partial charge in [-0.3, -0.25) is 4.79 Å². The SMILES string of the molecule is Cc1cc(C(=O)CCC(F)(F)F)ccc1N. The van der Waals surface area contributed by atoms with Gasteiger partial charge in [-0.2, -0.15) is 13.2 Å². The number of anilines is 1. The highest BCUT2D eigenvalue weighted by Crippen LogP contribution is 2.23. The molecule has 0 saturated carbocycles. The lowest BCUT2D eigenvalue weighted by molar-refractivity contribution is -0.133. The van der Waals surface area contributed by atoms with Gasteiger partial charge in [0.05, 0.1) is 6.42 Å². The van der Waals surface area contributed by atoms with Crippen LogP contribution < -0.4 is 5.73 Å². The van der Waals surface area contributed by atoms with E-state index in [1.807, 2.05) is 0 Å². The van der Waals surface area contributed by atoms with Gasteiger partial charge in [-0.15, -0.1) is 0 Å². The summed E-state index contributed by atoms with van der Waals surface area (Å²) >= 11 is 0. The van der Waals surface area contributed by atoms with E-state index in [9.17, 15) is 18.0 Å². The van der Waals surface area contributed by atoms with E-state index in [1.165, 1.54) is 18.2 Å². The Morgan fingerprint density at radius 1 is 1.38 bits per heavy atom. The Hall–Kier alpha value is -1.52. The summed E-state index contributed by atoms with van der Waals surface area (Å²) in [4.78, 5) is 11.4. The molecule has 88 valence electrons. The Morgan fingerprint density at radius 3 is 2.50 bits per heavy atom. The van der Waals surface area contributed by atoms with Crippen molar-refractivity contribution in [1.82, 2.24) is 0 Å². The van der Waals surface area contributed by atoms with E-state index in [2.05, 4.69) is 0 Å². The van der Waals surface area contributed by atoms with Crippen molar-refractivity contribution in [2.75, 3.05) is 5.73 Å². The van der Waals surface area contributed by atoms with Crippen LogP contribution in [0.1, 0.15) is 28.8 Å². The summed E-state index contributed by atoms with van der Waals surface area (Å²) in [5, 5.41) is 0. The molecule has 0 aliphatic carbocycles. The van der Waals surface area contributed by atoms with E-state index in [1.54, 1.807) is 6.92 Å². The minimum absolute atomic E-state index is 0.274. The fraction of sp³-hybridized carbons (Fsp3) is 0.364. The van der Waals surface area contributed by atoms with Gasteiger partial charge in [-0.05, 0) is 30.7 Å². The maximum absolute atomic E-state index is 11.9. The first-order valence-electron chi connectivity index (χ1n) is 4.75. The lowest BCUT2D eigenvalue weighted by Gasteiger charge is -2.06. The van der Waals surface area contributed by atoms with Crippen LogP contribution in [0.4, 0.5) is 18.9 Å². The fourth-order valence-corrected chi connectivity index (χ4v) is 1.25. The quantitative estimate of drug-likeness (QED) is 0.641. The van der Waals surface area contributed by atoms with E-state index < -0.39 is 24.8 Å². The summed E-state index contributed by atoms with van der Waals surface area (Å²) in [5.74, 6) is -0.513. The molecule has 0 radical (unpaired) electrons. The van der Waals surface area contributed by atoms with Gasteiger partial charge in [-0.1, -0.05) is 0 Å². The summed E-state index contributed by atoms with van der Waals surface area (Å²) in [6.45, 7) is 1.70. The van der Waals surface area contributed by atoms with Crippen LogP contribution in [0.25, 0.3) is 0 Å². The van der Waals surface area contributed by atoms with Gasteiger partial charge in [0.15, 0.2) is 5.78 Å². The standard InChI is InChI=1S/C11H12F3NO/c1-7-6-8(2-3-9(7)15)10(16)4-5-11(12,13)14/h2-3,6H,4-5,15H2,1H3. The number of nitrogens with two attached hydrogens (primary N) is 1. The summed E-state index contributed by atoms with van der Waals surface area (Å²) < 4.78 is 35.7. The number of benzene rings is 1.